The van der Waals surface area contributed by atoms with Gasteiger partial charge in [-0.15, -0.1) is 0 Å². The molecule has 6 heteroatoms. The molecule has 4 nitrogen and oxygen atoms in total. The molecule has 18 heavy (non-hydrogen) atoms. The summed E-state index contributed by atoms with van der Waals surface area (Å²) in [6, 6.07) is 5.60. The highest BCUT2D eigenvalue weighted by Gasteiger charge is 2.13. The number of hydrazine groups is 1. The van der Waals surface area contributed by atoms with Crippen molar-refractivity contribution < 1.29 is 4.79 Å². The third kappa shape index (κ3) is 3.47. The monoisotopic (exact) mass is 329 g/mol. The Kier molecular flexibility index (Phi) is 5.05. The van der Waals surface area contributed by atoms with Crippen LogP contribution in [0.25, 0.3) is 0 Å². The minimum Gasteiger partial charge on any atom is -0.297 e. The number of hydrogen-bond acceptors (Lipinski definition) is 4. The van der Waals surface area contributed by atoms with Crippen molar-refractivity contribution in [2.75, 3.05) is 24.6 Å². The van der Waals surface area contributed by atoms with Gasteiger partial charge in [-0.25, -0.2) is 5.84 Å². The topological polar surface area (TPSA) is 58.4 Å². The largest absolute Gasteiger partial charge is 0.297 e. The van der Waals surface area contributed by atoms with Gasteiger partial charge in [-0.2, -0.15) is 11.8 Å². The molecule has 0 spiro atoms. The summed E-state index contributed by atoms with van der Waals surface area (Å²) in [6.07, 6.45) is 0. The van der Waals surface area contributed by atoms with Crippen molar-refractivity contribution in [1.82, 2.24) is 10.3 Å². The van der Waals surface area contributed by atoms with Crippen molar-refractivity contribution >= 4 is 33.6 Å². The van der Waals surface area contributed by atoms with Crippen LogP contribution in [0.1, 0.15) is 15.9 Å². The molecule has 0 aromatic heterocycles. The van der Waals surface area contributed by atoms with Gasteiger partial charge >= 0.3 is 0 Å². The van der Waals surface area contributed by atoms with Crippen LogP contribution in [0, 0.1) is 0 Å². The molecular weight excluding hydrogens is 314 g/mol. The first-order chi connectivity index (χ1) is 8.70. The van der Waals surface area contributed by atoms with Crippen molar-refractivity contribution in [2.45, 2.75) is 6.54 Å². The zero-order valence-corrected chi connectivity index (χ0v) is 12.4. The Balaban J connectivity index is 2.07. The molecule has 0 saturated carbocycles. The van der Waals surface area contributed by atoms with Crippen LogP contribution in [0.5, 0.6) is 0 Å². The van der Waals surface area contributed by atoms with Crippen LogP contribution >= 0.6 is 27.7 Å². The number of rotatable bonds is 3. The summed E-state index contributed by atoms with van der Waals surface area (Å²) >= 11 is 5.52. The maximum atomic E-state index is 11.4. The summed E-state index contributed by atoms with van der Waals surface area (Å²) in [7, 11) is 0. The van der Waals surface area contributed by atoms with Gasteiger partial charge in [-0.05, 0) is 17.7 Å². The van der Waals surface area contributed by atoms with Gasteiger partial charge in [-0.1, -0.05) is 22.0 Å². The number of nitrogens with two attached hydrogens (primary N) is 1. The van der Waals surface area contributed by atoms with Gasteiger partial charge in [0.05, 0.1) is 0 Å². The van der Waals surface area contributed by atoms with Crippen LogP contribution in [0.4, 0.5) is 0 Å². The molecule has 1 fully saturated rings. The highest BCUT2D eigenvalue weighted by Crippen LogP contribution is 2.21. The summed E-state index contributed by atoms with van der Waals surface area (Å²) < 4.78 is 0.960. The fraction of sp³-hybridized carbons (Fsp3) is 0.417. The second-order valence-corrected chi connectivity index (χ2v) is 6.25. The minimum absolute atomic E-state index is 0.267. The number of halogens is 1. The van der Waals surface area contributed by atoms with Gasteiger partial charge < -0.3 is 0 Å². The van der Waals surface area contributed by atoms with E-state index in [9.17, 15) is 4.79 Å². The molecule has 0 radical (unpaired) electrons. The fourth-order valence-corrected chi connectivity index (χ4v) is 3.38. The summed E-state index contributed by atoms with van der Waals surface area (Å²) in [5.74, 6) is 7.25. The first-order valence-corrected chi connectivity index (χ1v) is 7.75. The molecule has 98 valence electrons. The number of nitrogen functional groups attached to an aromatic ring is 1. The number of carbonyl (C=O) groups excluding carboxylic acids is 1. The van der Waals surface area contributed by atoms with E-state index >= 15 is 0 Å². The number of hydrogen-bond donors (Lipinski definition) is 2. The van der Waals surface area contributed by atoms with Crippen molar-refractivity contribution in [3.8, 4) is 0 Å². The first-order valence-electron chi connectivity index (χ1n) is 5.80. The van der Waals surface area contributed by atoms with E-state index in [-0.39, 0.29) is 5.91 Å². The maximum Gasteiger partial charge on any atom is 0.265 e. The number of thioether (sulfide) groups is 1. The van der Waals surface area contributed by atoms with Crippen LogP contribution in [-0.4, -0.2) is 35.4 Å². The number of nitrogens with zero attached hydrogens (tertiary/aromatic N) is 1. The van der Waals surface area contributed by atoms with Gasteiger partial charge in [0.25, 0.3) is 5.91 Å². The number of nitrogens with one attached hydrogen (secondary N) is 1. The van der Waals surface area contributed by atoms with Crippen molar-refractivity contribution in [3.05, 3.63) is 33.8 Å². The molecule has 1 amide bonds. The molecule has 3 N–H and O–H groups in total. The van der Waals surface area contributed by atoms with E-state index in [0.29, 0.717) is 5.56 Å². The van der Waals surface area contributed by atoms with Crippen LogP contribution in [0.15, 0.2) is 22.7 Å². The summed E-state index contributed by atoms with van der Waals surface area (Å²) in [5.41, 5.74) is 3.91. The molecule has 1 heterocycles. The molecule has 2 rings (SSSR count). The molecular formula is C12H16BrN3OS. The molecule has 1 saturated heterocycles. The smallest absolute Gasteiger partial charge is 0.265 e. The van der Waals surface area contributed by atoms with E-state index < -0.39 is 0 Å². The SMILES string of the molecule is NNC(=O)c1ccc(CN2CCSCC2)c(Br)c1. The summed E-state index contributed by atoms with van der Waals surface area (Å²) in [4.78, 5) is 13.8. The second-order valence-electron chi connectivity index (χ2n) is 4.17. The predicted octanol–water partition coefficient (Wildman–Crippen LogP) is 1.60. The third-order valence-electron chi connectivity index (χ3n) is 2.94. The van der Waals surface area contributed by atoms with Crippen molar-refractivity contribution in [3.63, 3.8) is 0 Å². The van der Waals surface area contributed by atoms with Gasteiger partial charge in [0, 0.05) is 41.2 Å². The van der Waals surface area contributed by atoms with E-state index in [2.05, 4.69) is 26.3 Å². The fourth-order valence-electron chi connectivity index (χ4n) is 1.90. The Labute approximate surface area is 119 Å². The van der Waals surface area contributed by atoms with E-state index in [4.69, 9.17) is 5.84 Å². The highest BCUT2D eigenvalue weighted by molar-refractivity contribution is 9.10. The quantitative estimate of drug-likeness (QED) is 0.502. The Morgan fingerprint density at radius 3 is 2.78 bits per heavy atom. The molecule has 1 aliphatic heterocycles. The van der Waals surface area contributed by atoms with E-state index in [1.54, 1.807) is 6.07 Å². The zero-order valence-electron chi connectivity index (χ0n) is 9.99. The Morgan fingerprint density at radius 1 is 1.44 bits per heavy atom. The van der Waals surface area contributed by atoms with Crippen LogP contribution in [0.2, 0.25) is 0 Å². The molecule has 1 aromatic carbocycles. The van der Waals surface area contributed by atoms with Crippen LogP contribution in [-0.2, 0) is 6.54 Å². The zero-order chi connectivity index (χ0) is 13.0. The maximum absolute atomic E-state index is 11.4. The number of carbonyl (C=O) groups is 1. The Bertz CT molecular complexity index is 435. The molecule has 0 aliphatic carbocycles. The van der Waals surface area contributed by atoms with Crippen molar-refractivity contribution in [2.24, 2.45) is 5.84 Å². The second kappa shape index (κ2) is 6.56. The number of benzene rings is 1. The Morgan fingerprint density at radius 2 is 2.17 bits per heavy atom. The lowest BCUT2D eigenvalue weighted by atomic mass is 10.1. The van der Waals surface area contributed by atoms with E-state index in [1.165, 1.54) is 17.1 Å². The lowest BCUT2D eigenvalue weighted by Gasteiger charge is -2.26. The molecule has 1 aromatic rings. The van der Waals surface area contributed by atoms with Gasteiger partial charge in [0.2, 0.25) is 0 Å². The van der Waals surface area contributed by atoms with Gasteiger partial charge in [0.1, 0.15) is 0 Å². The van der Waals surface area contributed by atoms with E-state index in [0.717, 1.165) is 24.1 Å². The molecule has 0 bridgehead atoms. The molecule has 1 aliphatic rings. The van der Waals surface area contributed by atoms with Crippen LogP contribution in [0.3, 0.4) is 0 Å². The predicted molar refractivity (Wildman–Crippen MR) is 78.4 cm³/mol. The molecule has 0 atom stereocenters. The van der Waals surface area contributed by atoms with Crippen molar-refractivity contribution in [1.29, 1.82) is 0 Å². The first kappa shape index (κ1) is 13.9. The normalized spacial score (nSPS) is 16.6. The highest BCUT2D eigenvalue weighted by atomic mass is 79.9. The van der Waals surface area contributed by atoms with Gasteiger partial charge in [-0.3, -0.25) is 15.1 Å². The minimum atomic E-state index is -0.267. The van der Waals surface area contributed by atoms with Gasteiger partial charge in [0.15, 0.2) is 0 Å². The van der Waals surface area contributed by atoms with E-state index in [1.807, 2.05) is 23.9 Å². The average molecular weight is 330 g/mol. The lowest BCUT2D eigenvalue weighted by Crippen LogP contribution is -2.32. The Hall–Kier alpha value is -0.560. The molecule has 0 unspecified atom stereocenters. The third-order valence-corrected chi connectivity index (χ3v) is 4.62. The number of amides is 1. The van der Waals surface area contributed by atoms with Crippen LogP contribution < -0.4 is 11.3 Å². The lowest BCUT2D eigenvalue weighted by molar-refractivity contribution is 0.0953. The summed E-state index contributed by atoms with van der Waals surface area (Å²) in [6.45, 7) is 3.18. The standard InChI is InChI=1S/C12H16BrN3OS/c13-11-7-9(12(17)15-14)1-2-10(11)8-16-3-5-18-6-4-16/h1-2,7H,3-6,8,14H2,(H,15,17). The average Bonchev–Trinajstić information content (AvgIpc) is 2.41. The summed E-state index contributed by atoms with van der Waals surface area (Å²) in [5, 5.41) is 0.